The largest absolute Gasteiger partial charge is 0.381 e. The van der Waals surface area contributed by atoms with Gasteiger partial charge < -0.3 is 10.5 Å². The molecule has 0 aromatic heterocycles. The minimum Gasteiger partial charge on any atom is -0.381 e. The Balaban J connectivity index is 2.33. The number of benzene rings is 1. The Kier molecular flexibility index (Phi) is 3.83. The second-order valence-corrected chi connectivity index (χ2v) is 4.65. The summed E-state index contributed by atoms with van der Waals surface area (Å²) in [7, 11) is 0. The zero-order chi connectivity index (χ0) is 12.1. The Morgan fingerprint density at radius 3 is 2.53 bits per heavy atom. The first-order valence-corrected chi connectivity index (χ1v) is 6.12. The molecule has 1 heterocycles. The summed E-state index contributed by atoms with van der Waals surface area (Å²) in [6.07, 6.45) is 7.95. The molecule has 2 rings (SSSR count). The van der Waals surface area contributed by atoms with E-state index in [0.29, 0.717) is 6.42 Å². The third kappa shape index (κ3) is 2.36. The molecule has 0 saturated carbocycles. The Morgan fingerprint density at radius 2 is 1.94 bits per heavy atom. The van der Waals surface area contributed by atoms with Crippen molar-refractivity contribution >= 4 is 0 Å². The summed E-state index contributed by atoms with van der Waals surface area (Å²) in [6, 6.07) is 10.5. The van der Waals surface area contributed by atoms with Gasteiger partial charge in [-0.3, -0.25) is 0 Å². The molecule has 1 aliphatic heterocycles. The molecule has 2 nitrogen and oxygen atoms in total. The maximum Gasteiger partial charge on any atom is 0.0475 e. The van der Waals surface area contributed by atoms with Crippen LogP contribution in [0.4, 0.5) is 0 Å². The standard InChI is InChI=1S/C15H19NO/c1-2-6-14(16)15(9-11-17-12-10-15)13-7-4-3-5-8-13/h1,3-5,7-8,14H,6,9-12,16H2. The van der Waals surface area contributed by atoms with E-state index < -0.39 is 0 Å². The molecule has 1 aliphatic rings. The lowest BCUT2D eigenvalue weighted by Crippen LogP contribution is -2.48. The topological polar surface area (TPSA) is 35.2 Å². The van der Waals surface area contributed by atoms with E-state index in [2.05, 4.69) is 30.2 Å². The minimum atomic E-state index is -0.00806. The number of terminal acetylenes is 1. The fourth-order valence-corrected chi connectivity index (χ4v) is 2.70. The van der Waals surface area contributed by atoms with Gasteiger partial charge in [-0.05, 0) is 18.4 Å². The van der Waals surface area contributed by atoms with Crippen molar-refractivity contribution in [1.82, 2.24) is 0 Å². The maximum absolute atomic E-state index is 6.33. The number of ether oxygens (including phenoxy) is 1. The van der Waals surface area contributed by atoms with Crippen molar-refractivity contribution < 1.29 is 4.74 Å². The first-order valence-electron chi connectivity index (χ1n) is 6.12. The number of hydrogen-bond acceptors (Lipinski definition) is 2. The Labute approximate surface area is 103 Å². The molecular formula is C15H19NO. The maximum atomic E-state index is 6.33. The predicted octanol–water partition coefficient (Wildman–Crippen LogP) is 2.09. The van der Waals surface area contributed by atoms with Crippen molar-refractivity contribution in [3.05, 3.63) is 35.9 Å². The molecule has 90 valence electrons. The van der Waals surface area contributed by atoms with E-state index in [1.54, 1.807) is 0 Å². The monoisotopic (exact) mass is 229 g/mol. The third-order valence-electron chi connectivity index (χ3n) is 3.78. The summed E-state index contributed by atoms with van der Waals surface area (Å²) in [5.74, 6) is 2.69. The van der Waals surface area contributed by atoms with Crippen LogP contribution in [0, 0.1) is 12.3 Å². The molecule has 1 aromatic carbocycles. The number of rotatable bonds is 3. The molecule has 17 heavy (non-hydrogen) atoms. The highest BCUT2D eigenvalue weighted by Gasteiger charge is 2.39. The van der Waals surface area contributed by atoms with Crippen LogP contribution < -0.4 is 5.73 Å². The van der Waals surface area contributed by atoms with Crippen molar-refractivity contribution in [1.29, 1.82) is 0 Å². The van der Waals surface area contributed by atoms with Crippen LogP contribution in [0.3, 0.4) is 0 Å². The molecule has 0 bridgehead atoms. The quantitative estimate of drug-likeness (QED) is 0.805. The van der Waals surface area contributed by atoms with E-state index in [0.717, 1.165) is 26.1 Å². The zero-order valence-corrected chi connectivity index (χ0v) is 10.1. The highest BCUT2D eigenvalue weighted by atomic mass is 16.5. The van der Waals surface area contributed by atoms with Crippen LogP contribution in [-0.4, -0.2) is 19.3 Å². The second-order valence-electron chi connectivity index (χ2n) is 4.65. The molecule has 0 amide bonds. The SMILES string of the molecule is C#CCC(N)C1(c2ccccc2)CCOCC1. The van der Waals surface area contributed by atoms with E-state index in [4.69, 9.17) is 16.9 Å². The van der Waals surface area contributed by atoms with Gasteiger partial charge in [0.2, 0.25) is 0 Å². The fraction of sp³-hybridized carbons (Fsp3) is 0.467. The van der Waals surface area contributed by atoms with Crippen molar-refractivity contribution in [3.8, 4) is 12.3 Å². The summed E-state index contributed by atoms with van der Waals surface area (Å²) in [4.78, 5) is 0. The van der Waals surface area contributed by atoms with Crippen LogP contribution in [0.15, 0.2) is 30.3 Å². The van der Waals surface area contributed by atoms with Crippen LogP contribution >= 0.6 is 0 Å². The average molecular weight is 229 g/mol. The van der Waals surface area contributed by atoms with Crippen LogP contribution in [-0.2, 0) is 10.2 Å². The Bertz CT molecular complexity index is 387. The lowest BCUT2D eigenvalue weighted by molar-refractivity contribution is 0.0406. The Morgan fingerprint density at radius 1 is 1.29 bits per heavy atom. The van der Waals surface area contributed by atoms with Gasteiger partial charge in [0, 0.05) is 31.1 Å². The predicted molar refractivity (Wildman–Crippen MR) is 69.6 cm³/mol. The van der Waals surface area contributed by atoms with E-state index in [1.165, 1.54) is 5.56 Å². The van der Waals surface area contributed by atoms with Crippen LogP contribution in [0.5, 0.6) is 0 Å². The summed E-state index contributed by atoms with van der Waals surface area (Å²) in [6.45, 7) is 1.54. The average Bonchev–Trinajstić information content (AvgIpc) is 2.41. The summed E-state index contributed by atoms with van der Waals surface area (Å²) in [5, 5.41) is 0. The molecule has 1 atom stereocenters. The van der Waals surface area contributed by atoms with Gasteiger partial charge in [-0.15, -0.1) is 12.3 Å². The minimum absolute atomic E-state index is 0.00806. The molecular weight excluding hydrogens is 210 g/mol. The van der Waals surface area contributed by atoms with Gasteiger partial charge in [-0.1, -0.05) is 30.3 Å². The molecule has 1 saturated heterocycles. The summed E-state index contributed by atoms with van der Waals surface area (Å²) >= 11 is 0. The van der Waals surface area contributed by atoms with Crippen LogP contribution in [0.25, 0.3) is 0 Å². The van der Waals surface area contributed by atoms with Crippen molar-refractivity contribution in [3.63, 3.8) is 0 Å². The van der Waals surface area contributed by atoms with Gasteiger partial charge in [-0.25, -0.2) is 0 Å². The van der Waals surface area contributed by atoms with E-state index in [1.807, 2.05) is 6.07 Å². The van der Waals surface area contributed by atoms with Gasteiger partial charge in [0.25, 0.3) is 0 Å². The molecule has 0 radical (unpaired) electrons. The molecule has 2 heteroatoms. The van der Waals surface area contributed by atoms with Gasteiger partial charge >= 0.3 is 0 Å². The van der Waals surface area contributed by atoms with Gasteiger partial charge in [-0.2, -0.15) is 0 Å². The van der Waals surface area contributed by atoms with Crippen LogP contribution in [0.2, 0.25) is 0 Å². The normalized spacial score (nSPS) is 20.5. The molecule has 1 unspecified atom stereocenters. The highest BCUT2D eigenvalue weighted by molar-refractivity contribution is 5.29. The van der Waals surface area contributed by atoms with E-state index in [9.17, 15) is 0 Å². The van der Waals surface area contributed by atoms with Crippen molar-refractivity contribution in [2.24, 2.45) is 5.73 Å². The molecule has 0 aliphatic carbocycles. The van der Waals surface area contributed by atoms with E-state index in [-0.39, 0.29) is 11.5 Å². The molecule has 2 N–H and O–H groups in total. The Hall–Kier alpha value is -1.30. The van der Waals surface area contributed by atoms with Crippen molar-refractivity contribution in [2.75, 3.05) is 13.2 Å². The van der Waals surface area contributed by atoms with Gasteiger partial charge in [0.15, 0.2) is 0 Å². The molecule has 0 spiro atoms. The highest BCUT2D eigenvalue weighted by Crippen LogP contribution is 2.38. The molecule has 1 aromatic rings. The first kappa shape index (κ1) is 12.2. The molecule has 1 fully saturated rings. The lowest BCUT2D eigenvalue weighted by Gasteiger charge is -2.42. The second kappa shape index (κ2) is 5.35. The first-order chi connectivity index (χ1) is 8.29. The number of hydrogen-bond donors (Lipinski definition) is 1. The lowest BCUT2D eigenvalue weighted by atomic mass is 9.68. The van der Waals surface area contributed by atoms with Gasteiger partial charge in [0.1, 0.15) is 0 Å². The smallest absolute Gasteiger partial charge is 0.0475 e. The number of nitrogens with two attached hydrogens (primary N) is 1. The van der Waals surface area contributed by atoms with Crippen molar-refractivity contribution in [2.45, 2.75) is 30.7 Å². The fourth-order valence-electron chi connectivity index (χ4n) is 2.70. The zero-order valence-electron chi connectivity index (χ0n) is 10.1. The van der Waals surface area contributed by atoms with Crippen LogP contribution in [0.1, 0.15) is 24.8 Å². The summed E-state index contributed by atoms with van der Waals surface area (Å²) < 4.78 is 5.47. The van der Waals surface area contributed by atoms with E-state index >= 15 is 0 Å². The van der Waals surface area contributed by atoms with Gasteiger partial charge in [0.05, 0.1) is 0 Å². The third-order valence-corrected chi connectivity index (χ3v) is 3.78. The summed E-state index contributed by atoms with van der Waals surface area (Å²) in [5.41, 5.74) is 7.62.